The summed E-state index contributed by atoms with van der Waals surface area (Å²) in [5.74, 6) is 0.542. The summed E-state index contributed by atoms with van der Waals surface area (Å²) in [7, 11) is 0. The zero-order chi connectivity index (χ0) is 12.0. The van der Waals surface area contributed by atoms with Gasteiger partial charge in [-0.3, -0.25) is 0 Å². The summed E-state index contributed by atoms with van der Waals surface area (Å²) in [5, 5.41) is 8.86. The summed E-state index contributed by atoms with van der Waals surface area (Å²) < 4.78 is 5.42. The molecule has 16 heavy (non-hydrogen) atoms. The predicted octanol–water partition coefficient (Wildman–Crippen LogP) is 2.10. The second-order valence-corrected chi connectivity index (χ2v) is 4.23. The van der Waals surface area contributed by atoms with E-state index in [9.17, 15) is 4.79 Å². The minimum absolute atomic E-state index is 0.0855. The second-order valence-electron chi connectivity index (χ2n) is 3.25. The van der Waals surface area contributed by atoms with Crippen molar-refractivity contribution in [3.63, 3.8) is 0 Å². The van der Waals surface area contributed by atoms with Gasteiger partial charge in [0, 0.05) is 5.69 Å². The van der Waals surface area contributed by atoms with Crippen LogP contribution in [0.25, 0.3) is 0 Å². The van der Waals surface area contributed by atoms with Crippen LogP contribution < -0.4 is 10.5 Å². The third-order valence-corrected chi connectivity index (χ3v) is 2.71. The predicted molar refractivity (Wildman–Crippen MR) is 66.3 cm³/mol. The van der Waals surface area contributed by atoms with E-state index >= 15 is 0 Å². The molecule has 5 heteroatoms. The van der Waals surface area contributed by atoms with Crippen LogP contribution in [-0.4, -0.2) is 29.7 Å². The molecular weight excluding hydrogens is 226 g/mol. The first-order valence-corrected chi connectivity index (χ1v) is 6.29. The van der Waals surface area contributed by atoms with Crippen molar-refractivity contribution in [2.45, 2.75) is 6.42 Å². The van der Waals surface area contributed by atoms with Gasteiger partial charge in [0.25, 0.3) is 0 Å². The van der Waals surface area contributed by atoms with Crippen LogP contribution in [0.1, 0.15) is 16.8 Å². The number of aromatic carboxylic acids is 1. The normalized spacial score (nSPS) is 10.1. The van der Waals surface area contributed by atoms with Crippen molar-refractivity contribution < 1.29 is 14.6 Å². The number of carboxylic acids is 1. The van der Waals surface area contributed by atoms with Gasteiger partial charge in [-0.05, 0) is 36.6 Å². The molecule has 0 atom stereocenters. The highest BCUT2D eigenvalue weighted by Gasteiger charge is 2.08. The summed E-state index contributed by atoms with van der Waals surface area (Å²) in [6, 6.07) is 4.69. The van der Waals surface area contributed by atoms with Crippen LogP contribution in [0.15, 0.2) is 18.2 Å². The van der Waals surface area contributed by atoms with Crippen molar-refractivity contribution in [3.05, 3.63) is 23.8 Å². The largest absolute Gasteiger partial charge is 0.494 e. The number of thioether (sulfide) groups is 1. The van der Waals surface area contributed by atoms with Crippen molar-refractivity contribution in [2.24, 2.45) is 0 Å². The Morgan fingerprint density at radius 3 is 2.94 bits per heavy atom. The SMILES string of the molecule is CSCCCOc1ccc(N)c(C(=O)O)c1. The number of hydrogen-bond acceptors (Lipinski definition) is 4. The van der Waals surface area contributed by atoms with Crippen molar-refractivity contribution in [2.75, 3.05) is 24.3 Å². The topological polar surface area (TPSA) is 72.5 Å². The van der Waals surface area contributed by atoms with E-state index in [2.05, 4.69) is 0 Å². The lowest BCUT2D eigenvalue weighted by molar-refractivity contribution is 0.0697. The average molecular weight is 241 g/mol. The molecule has 3 N–H and O–H groups in total. The number of carboxylic acid groups (broad SMARTS) is 1. The van der Waals surface area contributed by atoms with E-state index in [-0.39, 0.29) is 11.3 Å². The molecule has 0 saturated carbocycles. The Balaban J connectivity index is 2.61. The molecule has 4 nitrogen and oxygen atoms in total. The molecule has 1 aromatic carbocycles. The first kappa shape index (κ1) is 12.7. The van der Waals surface area contributed by atoms with Crippen LogP contribution >= 0.6 is 11.8 Å². The Kier molecular flexibility index (Phi) is 4.98. The molecule has 0 aromatic heterocycles. The maximum Gasteiger partial charge on any atom is 0.337 e. The zero-order valence-corrected chi connectivity index (χ0v) is 9.92. The molecule has 0 aliphatic carbocycles. The Hall–Kier alpha value is -1.36. The number of anilines is 1. The molecule has 0 aliphatic rings. The Labute approximate surface area is 98.8 Å². The monoisotopic (exact) mass is 241 g/mol. The molecule has 0 radical (unpaired) electrons. The lowest BCUT2D eigenvalue weighted by Gasteiger charge is -2.07. The number of hydrogen-bond donors (Lipinski definition) is 2. The maximum absolute atomic E-state index is 10.8. The Morgan fingerprint density at radius 1 is 1.56 bits per heavy atom. The summed E-state index contributed by atoms with van der Waals surface area (Å²) in [6.45, 7) is 0.587. The third kappa shape index (κ3) is 3.66. The van der Waals surface area contributed by atoms with Crippen molar-refractivity contribution in [1.29, 1.82) is 0 Å². The number of rotatable bonds is 6. The smallest absolute Gasteiger partial charge is 0.337 e. The lowest BCUT2D eigenvalue weighted by atomic mass is 10.2. The molecule has 0 fully saturated rings. The number of carbonyl (C=O) groups is 1. The molecule has 0 bridgehead atoms. The zero-order valence-electron chi connectivity index (χ0n) is 9.10. The molecule has 0 heterocycles. The molecule has 0 unspecified atom stereocenters. The summed E-state index contributed by atoms with van der Waals surface area (Å²) in [4.78, 5) is 10.8. The van der Waals surface area contributed by atoms with Crippen molar-refractivity contribution >= 4 is 23.4 Å². The third-order valence-electron chi connectivity index (χ3n) is 2.02. The van der Waals surface area contributed by atoms with Crippen LogP contribution in [0.4, 0.5) is 5.69 Å². The molecule has 88 valence electrons. The molecule has 1 aromatic rings. The standard InChI is InChI=1S/C11H15NO3S/c1-16-6-2-5-15-8-3-4-10(12)9(7-8)11(13)14/h3-4,7H,2,5-6,12H2,1H3,(H,13,14). The van der Waals surface area contributed by atoms with Crippen LogP contribution in [0.5, 0.6) is 5.75 Å². The average Bonchev–Trinajstić information content (AvgIpc) is 2.26. The molecule has 0 saturated heterocycles. The van der Waals surface area contributed by atoms with Gasteiger partial charge in [0.1, 0.15) is 5.75 Å². The van der Waals surface area contributed by atoms with Gasteiger partial charge in [0.05, 0.1) is 12.2 Å². The van der Waals surface area contributed by atoms with E-state index in [4.69, 9.17) is 15.6 Å². The summed E-state index contributed by atoms with van der Waals surface area (Å²) >= 11 is 1.75. The fourth-order valence-electron chi connectivity index (χ4n) is 1.20. The van der Waals surface area contributed by atoms with Gasteiger partial charge in [-0.2, -0.15) is 11.8 Å². The van der Waals surface area contributed by atoms with Crippen molar-refractivity contribution in [1.82, 2.24) is 0 Å². The number of benzene rings is 1. The highest BCUT2D eigenvalue weighted by atomic mass is 32.2. The first-order valence-electron chi connectivity index (χ1n) is 4.89. The first-order chi connectivity index (χ1) is 7.65. The molecule has 0 spiro atoms. The van der Waals surface area contributed by atoms with Gasteiger partial charge in [-0.15, -0.1) is 0 Å². The number of nitrogens with two attached hydrogens (primary N) is 1. The van der Waals surface area contributed by atoms with Crippen molar-refractivity contribution in [3.8, 4) is 5.75 Å². The highest BCUT2D eigenvalue weighted by molar-refractivity contribution is 7.98. The minimum atomic E-state index is -1.04. The van der Waals surface area contributed by atoms with Gasteiger partial charge in [0.2, 0.25) is 0 Å². The van der Waals surface area contributed by atoms with Gasteiger partial charge < -0.3 is 15.6 Å². The summed E-state index contributed by atoms with van der Waals surface area (Å²) in [6.07, 6.45) is 2.97. The number of ether oxygens (including phenoxy) is 1. The van der Waals surface area contributed by atoms with E-state index < -0.39 is 5.97 Å². The van der Waals surface area contributed by atoms with E-state index in [0.29, 0.717) is 12.4 Å². The number of nitrogen functional groups attached to an aromatic ring is 1. The highest BCUT2D eigenvalue weighted by Crippen LogP contribution is 2.19. The molecule has 1 rings (SSSR count). The van der Waals surface area contributed by atoms with Crippen LogP contribution in [0.2, 0.25) is 0 Å². The quantitative estimate of drug-likeness (QED) is 0.589. The minimum Gasteiger partial charge on any atom is -0.494 e. The van der Waals surface area contributed by atoms with Crippen LogP contribution in [0, 0.1) is 0 Å². The Morgan fingerprint density at radius 2 is 2.31 bits per heavy atom. The van der Waals surface area contributed by atoms with E-state index in [0.717, 1.165) is 12.2 Å². The van der Waals surface area contributed by atoms with Crippen LogP contribution in [0.3, 0.4) is 0 Å². The van der Waals surface area contributed by atoms with Gasteiger partial charge in [-0.1, -0.05) is 0 Å². The molecule has 0 aliphatic heterocycles. The Bertz CT molecular complexity index is 368. The van der Waals surface area contributed by atoms with Gasteiger partial charge >= 0.3 is 5.97 Å². The molecular formula is C11H15NO3S. The van der Waals surface area contributed by atoms with E-state index in [1.807, 2.05) is 6.26 Å². The lowest BCUT2D eigenvalue weighted by Crippen LogP contribution is -2.04. The van der Waals surface area contributed by atoms with E-state index in [1.165, 1.54) is 6.07 Å². The summed E-state index contributed by atoms with van der Waals surface area (Å²) in [5.41, 5.74) is 5.87. The van der Waals surface area contributed by atoms with Gasteiger partial charge in [0.15, 0.2) is 0 Å². The fourth-order valence-corrected chi connectivity index (χ4v) is 1.61. The van der Waals surface area contributed by atoms with Crippen LogP contribution in [-0.2, 0) is 0 Å². The second kappa shape index (κ2) is 6.27. The fraction of sp³-hybridized carbons (Fsp3) is 0.364. The van der Waals surface area contributed by atoms with E-state index in [1.54, 1.807) is 23.9 Å². The maximum atomic E-state index is 10.8. The van der Waals surface area contributed by atoms with Gasteiger partial charge in [-0.25, -0.2) is 4.79 Å². The molecule has 0 amide bonds.